The van der Waals surface area contributed by atoms with Gasteiger partial charge in [-0.3, -0.25) is 9.78 Å². The number of piperidine rings is 1. The van der Waals surface area contributed by atoms with E-state index >= 15 is 0 Å². The van der Waals surface area contributed by atoms with Crippen molar-refractivity contribution in [3.05, 3.63) is 24.5 Å². The third kappa shape index (κ3) is 4.59. The molecule has 2 aliphatic heterocycles. The molecule has 1 atom stereocenters. The molecule has 1 N–H and O–H groups in total. The fraction of sp³-hybridized carbons (Fsp3) is 0.632. The van der Waals surface area contributed by atoms with Crippen LogP contribution >= 0.6 is 0 Å². The summed E-state index contributed by atoms with van der Waals surface area (Å²) in [4.78, 5) is 37.0. The number of hydrogen-bond donors (Lipinski definition) is 1. The number of carbonyl (C=O) groups is 2. The first-order valence-corrected chi connectivity index (χ1v) is 9.54. The molecule has 3 rings (SSSR count). The Balaban J connectivity index is 1.55. The quantitative estimate of drug-likeness (QED) is 0.766. The van der Waals surface area contributed by atoms with E-state index in [1.54, 1.807) is 17.5 Å². The molecule has 0 radical (unpaired) electrons. The third-order valence-corrected chi connectivity index (χ3v) is 5.29. The van der Waals surface area contributed by atoms with E-state index in [1.165, 1.54) is 0 Å². The van der Waals surface area contributed by atoms with Crippen LogP contribution in [-0.2, 0) is 14.4 Å². The summed E-state index contributed by atoms with van der Waals surface area (Å²) in [5.41, 5.74) is 1.12. The highest BCUT2D eigenvalue weighted by Crippen LogP contribution is 2.26. The van der Waals surface area contributed by atoms with Gasteiger partial charge in [-0.15, -0.1) is 5.06 Å². The minimum absolute atomic E-state index is 0.00248. The maximum absolute atomic E-state index is 12.7. The molecule has 7 heteroatoms. The molecule has 0 aromatic carbocycles. The van der Waals surface area contributed by atoms with E-state index in [0.29, 0.717) is 19.5 Å². The predicted octanol–water partition coefficient (Wildman–Crippen LogP) is 1.26. The first kappa shape index (κ1) is 18.8. The molecule has 7 nitrogen and oxygen atoms in total. The van der Waals surface area contributed by atoms with Gasteiger partial charge in [0.05, 0.1) is 13.1 Å². The number of hydrogen-bond acceptors (Lipinski definition) is 7. The third-order valence-electron chi connectivity index (χ3n) is 5.29. The summed E-state index contributed by atoms with van der Waals surface area (Å²) in [6.45, 7) is 6.35. The van der Waals surface area contributed by atoms with Gasteiger partial charge in [0, 0.05) is 37.6 Å². The summed E-state index contributed by atoms with van der Waals surface area (Å²) in [6, 6.07) is 3.96. The van der Waals surface area contributed by atoms with Gasteiger partial charge >= 0.3 is 5.97 Å². The summed E-state index contributed by atoms with van der Waals surface area (Å²) in [5.74, 6) is -0.909. The molecule has 0 amide bonds. The molecule has 1 aromatic heterocycles. The molecule has 0 aliphatic carbocycles. The Hall–Kier alpha value is -1.99. The van der Waals surface area contributed by atoms with E-state index in [1.807, 2.05) is 19.1 Å². The number of nitrogens with zero attached hydrogens (tertiary/aromatic N) is 3. The lowest BCUT2D eigenvalue weighted by Crippen LogP contribution is -2.49. The molecular weight excluding hydrogens is 332 g/mol. The Kier molecular flexibility index (Phi) is 6.57. The number of nitrogens with one attached hydrogen (secondary N) is 1. The molecule has 1 aromatic rings. The van der Waals surface area contributed by atoms with Crippen molar-refractivity contribution in [1.29, 1.82) is 0 Å². The highest BCUT2D eigenvalue weighted by atomic mass is 16.7. The smallest absolute Gasteiger partial charge is 0.335 e. The molecule has 2 saturated heterocycles. The second-order valence-electron chi connectivity index (χ2n) is 6.92. The Morgan fingerprint density at radius 3 is 2.46 bits per heavy atom. The second kappa shape index (κ2) is 9.09. The number of carbonyl (C=O) groups excluding carboxylic acids is 2. The van der Waals surface area contributed by atoms with Gasteiger partial charge in [-0.2, -0.15) is 0 Å². The van der Waals surface area contributed by atoms with Gasteiger partial charge < -0.3 is 15.1 Å². The number of anilines is 1. The second-order valence-corrected chi connectivity index (χ2v) is 6.92. The zero-order chi connectivity index (χ0) is 18.4. The topological polar surface area (TPSA) is 74.8 Å². The van der Waals surface area contributed by atoms with Crippen LogP contribution in [0, 0.1) is 11.8 Å². The summed E-state index contributed by atoms with van der Waals surface area (Å²) in [5, 5.41) is 4.99. The monoisotopic (exact) mass is 360 g/mol. The van der Waals surface area contributed by atoms with Crippen LogP contribution in [0.4, 0.5) is 5.69 Å². The maximum atomic E-state index is 12.7. The van der Waals surface area contributed by atoms with E-state index in [2.05, 4.69) is 15.2 Å². The van der Waals surface area contributed by atoms with E-state index < -0.39 is 5.92 Å². The number of hydroxylamine groups is 2. The fourth-order valence-corrected chi connectivity index (χ4v) is 3.76. The minimum atomic E-state index is -0.625. The molecule has 2 aliphatic rings. The van der Waals surface area contributed by atoms with Crippen LogP contribution in [-0.4, -0.2) is 61.1 Å². The highest BCUT2D eigenvalue weighted by molar-refractivity contribution is 5.99. The Labute approximate surface area is 154 Å². The maximum Gasteiger partial charge on any atom is 0.335 e. The van der Waals surface area contributed by atoms with Gasteiger partial charge in [-0.1, -0.05) is 6.92 Å². The number of piperazine rings is 1. The van der Waals surface area contributed by atoms with E-state index in [9.17, 15) is 9.59 Å². The molecule has 0 spiro atoms. The van der Waals surface area contributed by atoms with Crippen molar-refractivity contribution in [2.75, 3.05) is 44.2 Å². The van der Waals surface area contributed by atoms with Crippen LogP contribution < -0.4 is 10.2 Å². The summed E-state index contributed by atoms with van der Waals surface area (Å²) < 4.78 is 0. The van der Waals surface area contributed by atoms with Gasteiger partial charge in [0.1, 0.15) is 11.7 Å². The van der Waals surface area contributed by atoms with Crippen molar-refractivity contribution in [3.63, 3.8) is 0 Å². The van der Waals surface area contributed by atoms with Gasteiger partial charge in [0.25, 0.3) is 0 Å². The molecule has 142 valence electrons. The molecule has 0 saturated carbocycles. The van der Waals surface area contributed by atoms with Crippen molar-refractivity contribution in [3.8, 4) is 0 Å². The number of Topliss-reactive ketones (excluding diaryl/α,β-unsaturated/α-hetero) is 1. The van der Waals surface area contributed by atoms with Gasteiger partial charge in [0.2, 0.25) is 0 Å². The predicted molar refractivity (Wildman–Crippen MR) is 98.5 cm³/mol. The number of aromatic nitrogens is 1. The van der Waals surface area contributed by atoms with Crippen LogP contribution in [0.3, 0.4) is 0 Å². The largest absolute Gasteiger partial charge is 0.369 e. The molecule has 2 fully saturated rings. The van der Waals surface area contributed by atoms with Crippen molar-refractivity contribution in [2.24, 2.45) is 11.8 Å². The van der Waals surface area contributed by atoms with Crippen LogP contribution in [0.15, 0.2) is 24.5 Å². The van der Waals surface area contributed by atoms with E-state index in [-0.39, 0.29) is 17.7 Å². The van der Waals surface area contributed by atoms with E-state index in [0.717, 1.165) is 44.7 Å². The SMILES string of the molecule is CCC(=O)C(C(=O)ON1CCN(c2ccncc2)CC1)C1CCNCC1. The van der Waals surface area contributed by atoms with E-state index in [4.69, 9.17) is 4.84 Å². The molecule has 3 heterocycles. The van der Waals surface area contributed by atoms with Crippen LogP contribution in [0.25, 0.3) is 0 Å². The average molecular weight is 360 g/mol. The zero-order valence-electron chi connectivity index (χ0n) is 15.4. The van der Waals surface area contributed by atoms with Crippen molar-refractivity contribution in [1.82, 2.24) is 15.4 Å². The van der Waals surface area contributed by atoms with Gasteiger partial charge in [-0.05, 0) is 44.0 Å². The lowest BCUT2D eigenvalue weighted by molar-refractivity contribution is -0.199. The Bertz CT molecular complexity index is 596. The van der Waals surface area contributed by atoms with Gasteiger partial charge in [0.15, 0.2) is 0 Å². The van der Waals surface area contributed by atoms with Crippen LogP contribution in [0.2, 0.25) is 0 Å². The first-order valence-electron chi connectivity index (χ1n) is 9.54. The summed E-state index contributed by atoms with van der Waals surface area (Å²) in [6.07, 6.45) is 5.63. The number of pyridine rings is 1. The number of ketones is 1. The first-order chi connectivity index (χ1) is 12.7. The Morgan fingerprint density at radius 1 is 1.19 bits per heavy atom. The molecule has 26 heavy (non-hydrogen) atoms. The molecule has 1 unspecified atom stereocenters. The fourth-order valence-electron chi connectivity index (χ4n) is 3.76. The lowest BCUT2D eigenvalue weighted by atomic mass is 9.81. The lowest BCUT2D eigenvalue weighted by Gasteiger charge is -2.36. The highest BCUT2D eigenvalue weighted by Gasteiger charge is 2.37. The molecule has 0 bridgehead atoms. The Morgan fingerprint density at radius 2 is 1.85 bits per heavy atom. The molecular formula is C19H28N4O3. The van der Waals surface area contributed by atoms with Gasteiger partial charge in [-0.25, -0.2) is 4.79 Å². The van der Waals surface area contributed by atoms with Crippen LogP contribution in [0.5, 0.6) is 0 Å². The standard InChI is InChI=1S/C19H28N4O3/c1-2-17(24)18(15-3-7-20-8-4-15)19(25)26-23-13-11-22(12-14-23)16-5-9-21-10-6-16/h5-6,9-10,15,18,20H,2-4,7-8,11-14H2,1H3. The normalized spacial score (nSPS) is 20.6. The minimum Gasteiger partial charge on any atom is -0.369 e. The summed E-state index contributed by atoms with van der Waals surface area (Å²) >= 11 is 0. The zero-order valence-corrected chi connectivity index (χ0v) is 15.4. The summed E-state index contributed by atoms with van der Waals surface area (Å²) in [7, 11) is 0. The van der Waals surface area contributed by atoms with Crippen LogP contribution in [0.1, 0.15) is 26.2 Å². The average Bonchev–Trinajstić information content (AvgIpc) is 2.70. The van der Waals surface area contributed by atoms with Crippen molar-refractivity contribution < 1.29 is 14.4 Å². The number of rotatable bonds is 6. The van der Waals surface area contributed by atoms with Crippen molar-refractivity contribution in [2.45, 2.75) is 26.2 Å². The van der Waals surface area contributed by atoms with Crippen molar-refractivity contribution >= 4 is 17.4 Å².